The first-order valence-corrected chi connectivity index (χ1v) is 16.4. The fraction of sp³-hybridized carbons (Fsp3) is 0.938. The Labute approximate surface area is 245 Å². The maximum absolute atomic E-state index is 12.8. The number of ether oxygens (including phenoxy) is 2. The van der Waals surface area contributed by atoms with Crippen molar-refractivity contribution in [3.05, 3.63) is 0 Å². The topological polar surface area (TPSA) is 117 Å². The van der Waals surface area contributed by atoms with Gasteiger partial charge in [-0.15, -0.1) is 0 Å². The van der Waals surface area contributed by atoms with Crippen molar-refractivity contribution in [2.45, 2.75) is 148 Å². The molecular weight excluding hydrogens is 510 g/mol. The van der Waals surface area contributed by atoms with Crippen molar-refractivity contribution in [1.29, 1.82) is 0 Å². The third-order valence-electron chi connectivity index (χ3n) is 7.51. The summed E-state index contributed by atoms with van der Waals surface area (Å²) in [7, 11) is 0. The molecule has 0 aromatic rings. The van der Waals surface area contributed by atoms with Gasteiger partial charge in [0.2, 0.25) is 0 Å². The highest BCUT2D eigenvalue weighted by Crippen LogP contribution is 2.21. The van der Waals surface area contributed by atoms with Gasteiger partial charge in [0, 0.05) is 26.2 Å². The van der Waals surface area contributed by atoms with Gasteiger partial charge in [-0.2, -0.15) is 0 Å². The number of nitrogens with zero attached hydrogens (tertiary/aromatic N) is 1. The smallest absolute Gasteiger partial charge is 0.308 e. The summed E-state index contributed by atoms with van der Waals surface area (Å²) < 4.78 is 10.3. The molecule has 0 radical (unpaired) electrons. The molecule has 8 heteroatoms. The van der Waals surface area contributed by atoms with Crippen molar-refractivity contribution in [2.75, 3.05) is 39.5 Å². The summed E-state index contributed by atoms with van der Waals surface area (Å²) in [5.74, 6) is -0.0369. The van der Waals surface area contributed by atoms with E-state index in [4.69, 9.17) is 4.74 Å². The van der Waals surface area contributed by atoms with Gasteiger partial charge in [0.1, 0.15) is 0 Å². The lowest BCUT2D eigenvalue weighted by Gasteiger charge is -2.27. The number of rotatable bonds is 31. The molecule has 0 aliphatic carbocycles. The fourth-order valence-corrected chi connectivity index (χ4v) is 5.08. The minimum atomic E-state index is -0.540. The highest BCUT2D eigenvalue weighted by atomic mass is 16.5. The number of aliphatic hydroxyl groups excluding tert-OH is 3. The van der Waals surface area contributed by atoms with E-state index in [2.05, 4.69) is 18.6 Å². The number of hydrogen-bond acceptors (Lipinski definition) is 8. The summed E-state index contributed by atoms with van der Waals surface area (Å²) in [5.41, 5.74) is 0. The molecule has 0 aliphatic heterocycles. The van der Waals surface area contributed by atoms with E-state index in [0.29, 0.717) is 65.0 Å². The number of carbonyl (C=O) groups is 2. The van der Waals surface area contributed by atoms with Crippen molar-refractivity contribution in [3.8, 4) is 0 Å². The van der Waals surface area contributed by atoms with Crippen LogP contribution in [0.1, 0.15) is 136 Å². The van der Waals surface area contributed by atoms with Crippen molar-refractivity contribution < 1.29 is 34.4 Å². The first-order chi connectivity index (χ1) is 19.5. The van der Waals surface area contributed by atoms with Gasteiger partial charge in [0.25, 0.3) is 6.47 Å². The Bertz CT molecular complexity index is 563. The Balaban J connectivity index is 4.34. The van der Waals surface area contributed by atoms with Crippen LogP contribution in [0.15, 0.2) is 0 Å². The predicted molar refractivity (Wildman–Crippen MR) is 161 cm³/mol. The standard InChI is InChI=1S/C32H63NO7/c1-3-5-7-9-10-12-19-29(18-11-8-6-4-2)32(38)40-25-16-14-21-31(37)27-33(22-17-23-34)26-30(36)20-13-15-24-39-28-35/h28-31,34,36-37H,3-27H2,1-2H3. The molecular formula is C32H63NO7. The van der Waals surface area contributed by atoms with E-state index >= 15 is 0 Å². The van der Waals surface area contributed by atoms with E-state index in [9.17, 15) is 24.9 Å². The first kappa shape index (κ1) is 38.8. The zero-order valence-corrected chi connectivity index (χ0v) is 25.9. The van der Waals surface area contributed by atoms with Crippen molar-refractivity contribution in [3.63, 3.8) is 0 Å². The molecule has 3 N–H and O–H groups in total. The number of hydrogen-bond donors (Lipinski definition) is 3. The molecule has 0 aromatic heterocycles. The second-order valence-corrected chi connectivity index (χ2v) is 11.4. The van der Waals surface area contributed by atoms with E-state index < -0.39 is 12.2 Å². The third-order valence-corrected chi connectivity index (χ3v) is 7.51. The summed E-state index contributed by atoms with van der Waals surface area (Å²) in [6.45, 7) is 7.15. The maximum Gasteiger partial charge on any atom is 0.308 e. The van der Waals surface area contributed by atoms with E-state index in [1.165, 1.54) is 51.4 Å². The monoisotopic (exact) mass is 573 g/mol. The molecule has 0 bridgehead atoms. The summed E-state index contributed by atoms with van der Waals surface area (Å²) in [6.07, 6.45) is 17.6. The SMILES string of the molecule is CCCCCCCCC(CCCCCC)C(=O)OCCCCC(O)CN(CCCO)CC(O)CCCCOC=O. The first-order valence-electron chi connectivity index (χ1n) is 16.4. The molecule has 8 nitrogen and oxygen atoms in total. The number of unbranched alkanes of at least 4 members (excludes halogenated alkanes) is 10. The van der Waals surface area contributed by atoms with Gasteiger partial charge >= 0.3 is 5.97 Å². The Morgan fingerprint density at radius 3 is 1.75 bits per heavy atom. The third kappa shape index (κ3) is 24.6. The summed E-state index contributed by atoms with van der Waals surface area (Å²) in [6, 6.07) is 0. The number of esters is 1. The Morgan fingerprint density at radius 2 is 1.20 bits per heavy atom. The van der Waals surface area contributed by atoms with Crippen LogP contribution in [0, 0.1) is 5.92 Å². The molecule has 0 spiro atoms. The lowest BCUT2D eigenvalue weighted by atomic mass is 9.94. The quantitative estimate of drug-likeness (QED) is 0.0542. The van der Waals surface area contributed by atoms with Crippen LogP contribution >= 0.6 is 0 Å². The molecule has 0 aromatic carbocycles. The largest absolute Gasteiger partial charge is 0.468 e. The van der Waals surface area contributed by atoms with Crippen LogP contribution in [0.2, 0.25) is 0 Å². The highest BCUT2D eigenvalue weighted by molar-refractivity contribution is 5.72. The molecule has 0 saturated heterocycles. The zero-order chi connectivity index (χ0) is 29.7. The maximum atomic E-state index is 12.8. The molecule has 0 aliphatic rings. The second-order valence-electron chi connectivity index (χ2n) is 11.4. The van der Waals surface area contributed by atoms with E-state index in [1.807, 2.05) is 4.90 Å². The Hall–Kier alpha value is -1.22. The van der Waals surface area contributed by atoms with Crippen LogP contribution in [0.3, 0.4) is 0 Å². The van der Waals surface area contributed by atoms with E-state index in [-0.39, 0.29) is 18.5 Å². The minimum Gasteiger partial charge on any atom is -0.468 e. The highest BCUT2D eigenvalue weighted by Gasteiger charge is 2.20. The van der Waals surface area contributed by atoms with Gasteiger partial charge in [0.05, 0.1) is 31.3 Å². The molecule has 0 saturated carbocycles. The fourth-order valence-electron chi connectivity index (χ4n) is 5.08. The molecule has 0 amide bonds. The average Bonchev–Trinajstić information content (AvgIpc) is 2.94. The molecule has 0 fully saturated rings. The van der Waals surface area contributed by atoms with Gasteiger partial charge < -0.3 is 24.8 Å². The van der Waals surface area contributed by atoms with Crippen LogP contribution in [0.4, 0.5) is 0 Å². The van der Waals surface area contributed by atoms with Gasteiger partial charge in [-0.05, 0) is 57.8 Å². The molecule has 238 valence electrons. The summed E-state index contributed by atoms with van der Waals surface area (Å²) in [5, 5.41) is 30.2. The predicted octanol–water partition coefficient (Wildman–Crippen LogP) is 5.79. The summed E-state index contributed by atoms with van der Waals surface area (Å²) >= 11 is 0. The second kappa shape index (κ2) is 29.3. The molecule has 3 atom stereocenters. The normalized spacial score (nSPS) is 13.8. The lowest BCUT2D eigenvalue weighted by molar-refractivity contribution is -0.149. The van der Waals surface area contributed by atoms with Crippen LogP contribution in [-0.4, -0.2) is 84.3 Å². The Morgan fingerprint density at radius 1 is 0.700 bits per heavy atom. The van der Waals surface area contributed by atoms with E-state index in [1.54, 1.807) is 0 Å². The molecule has 0 rings (SSSR count). The number of aliphatic hydroxyl groups is 3. The average molecular weight is 574 g/mol. The zero-order valence-electron chi connectivity index (χ0n) is 25.9. The van der Waals surface area contributed by atoms with Gasteiger partial charge in [-0.25, -0.2) is 0 Å². The van der Waals surface area contributed by atoms with Gasteiger partial charge in [-0.3, -0.25) is 14.5 Å². The van der Waals surface area contributed by atoms with Crippen LogP contribution in [0.25, 0.3) is 0 Å². The van der Waals surface area contributed by atoms with Crippen molar-refractivity contribution in [2.24, 2.45) is 5.92 Å². The van der Waals surface area contributed by atoms with Crippen LogP contribution in [-0.2, 0) is 19.1 Å². The van der Waals surface area contributed by atoms with Crippen molar-refractivity contribution in [1.82, 2.24) is 4.90 Å². The Kier molecular flexibility index (Phi) is 28.4. The van der Waals surface area contributed by atoms with Gasteiger partial charge in [-0.1, -0.05) is 78.1 Å². The minimum absolute atomic E-state index is 0.0117. The number of carbonyl (C=O) groups excluding carboxylic acids is 2. The van der Waals surface area contributed by atoms with Crippen LogP contribution < -0.4 is 0 Å². The molecule has 0 heterocycles. The molecule has 3 unspecified atom stereocenters. The van der Waals surface area contributed by atoms with Gasteiger partial charge in [0.15, 0.2) is 0 Å². The van der Waals surface area contributed by atoms with E-state index in [0.717, 1.165) is 44.9 Å². The van der Waals surface area contributed by atoms with Crippen molar-refractivity contribution >= 4 is 12.4 Å². The van der Waals surface area contributed by atoms with Crippen LogP contribution in [0.5, 0.6) is 0 Å². The lowest BCUT2D eigenvalue weighted by Crippen LogP contribution is -2.39. The summed E-state index contributed by atoms with van der Waals surface area (Å²) in [4.78, 5) is 25.0. The molecule has 40 heavy (non-hydrogen) atoms.